The molecule has 0 aromatic heterocycles. The maximum Gasteiger partial charge on any atom is 0.330 e. The third kappa shape index (κ3) is 4.82. The fourth-order valence-electron chi connectivity index (χ4n) is 1.21. The average molecular weight is 248 g/mol. The minimum atomic E-state index is -0.376. The summed E-state index contributed by atoms with van der Waals surface area (Å²) >= 11 is 0. The summed E-state index contributed by atoms with van der Waals surface area (Å²) in [6.07, 6.45) is 3.34. The van der Waals surface area contributed by atoms with Gasteiger partial charge in [-0.25, -0.2) is 4.79 Å². The van der Waals surface area contributed by atoms with Crippen molar-refractivity contribution in [2.24, 2.45) is 0 Å². The van der Waals surface area contributed by atoms with Gasteiger partial charge in [0.05, 0.1) is 6.61 Å². The lowest BCUT2D eigenvalue weighted by molar-refractivity contribution is -0.137. The third-order valence-electron chi connectivity index (χ3n) is 2.10. The van der Waals surface area contributed by atoms with E-state index in [4.69, 9.17) is 9.47 Å². The Hall–Kier alpha value is -2.10. The first-order valence-electron chi connectivity index (χ1n) is 5.81. The summed E-state index contributed by atoms with van der Waals surface area (Å²) in [6.45, 7) is 3.84. The SMILES string of the molecule is CCOC(=O)C=Cc1ccc(OC(=O)CC)cc1. The van der Waals surface area contributed by atoms with E-state index in [1.807, 2.05) is 0 Å². The lowest BCUT2D eigenvalue weighted by Crippen LogP contribution is -2.05. The maximum absolute atomic E-state index is 11.1. The standard InChI is InChI=1S/C14H16O4/c1-3-13(15)18-12-8-5-11(6-9-12)7-10-14(16)17-4-2/h5-10H,3-4H2,1-2H3. The largest absolute Gasteiger partial charge is 0.463 e. The lowest BCUT2D eigenvalue weighted by atomic mass is 10.2. The molecule has 0 aliphatic heterocycles. The fraction of sp³-hybridized carbons (Fsp3) is 0.286. The minimum absolute atomic E-state index is 0.273. The van der Waals surface area contributed by atoms with E-state index in [2.05, 4.69) is 0 Å². The predicted molar refractivity (Wildman–Crippen MR) is 68.0 cm³/mol. The van der Waals surface area contributed by atoms with Crippen LogP contribution in [0.4, 0.5) is 0 Å². The summed E-state index contributed by atoms with van der Waals surface area (Å²) in [7, 11) is 0. The van der Waals surface area contributed by atoms with Crippen LogP contribution in [0.25, 0.3) is 6.08 Å². The van der Waals surface area contributed by atoms with Crippen LogP contribution in [0.5, 0.6) is 5.75 Å². The van der Waals surface area contributed by atoms with Gasteiger partial charge in [0.2, 0.25) is 0 Å². The van der Waals surface area contributed by atoms with E-state index >= 15 is 0 Å². The van der Waals surface area contributed by atoms with Gasteiger partial charge in [0, 0.05) is 12.5 Å². The number of hydrogen-bond donors (Lipinski definition) is 0. The van der Waals surface area contributed by atoms with Crippen molar-refractivity contribution in [1.29, 1.82) is 0 Å². The molecule has 4 nitrogen and oxygen atoms in total. The molecule has 96 valence electrons. The number of esters is 2. The van der Waals surface area contributed by atoms with E-state index in [1.54, 1.807) is 44.2 Å². The van der Waals surface area contributed by atoms with Gasteiger partial charge in [-0.05, 0) is 30.7 Å². The van der Waals surface area contributed by atoms with Gasteiger partial charge in [-0.3, -0.25) is 4.79 Å². The van der Waals surface area contributed by atoms with Crippen molar-refractivity contribution in [3.05, 3.63) is 35.9 Å². The van der Waals surface area contributed by atoms with Gasteiger partial charge in [-0.1, -0.05) is 19.1 Å². The molecule has 0 aliphatic rings. The molecule has 0 unspecified atom stereocenters. The van der Waals surface area contributed by atoms with Crippen LogP contribution in [0.15, 0.2) is 30.3 Å². The second kappa shape index (κ2) is 7.27. The van der Waals surface area contributed by atoms with Crippen LogP contribution in [-0.2, 0) is 14.3 Å². The smallest absolute Gasteiger partial charge is 0.330 e. The molecule has 0 N–H and O–H groups in total. The molecule has 0 bridgehead atoms. The van der Waals surface area contributed by atoms with E-state index < -0.39 is 0 Å². The average Bonchev–Trinajstić information content (AvgIpc) is 2.38. The lowest BCUT2D eigenvalue weighted by Gasteiger charge is -2.02. The van der Waals surface area contributed by atoms with Crippen LogP contribution < -0.4 is 4.74 Å². The van der Waals surface area contributed by atoms with Crippen LogP contribution >= 0.6 is 0 Å². The van der Waals surface area contributed by atoms with Crippen LogP contribution in [0, 0.1) is 0 Å². The summed E-state index contributed by atoms with van der Waals surface area (Å²) in [5.41, 5.74) is 0.833. The highest BCUT2D eigenvalue weighted by Crippen LogP contribution is 2.13. The van der Waals surface area contributed by atoms with E-state index in [-0.39, 0.29) is 11.9 Å². The van der Waals surface area contributed by atoms with Gasteiger partial charge in [0.15, 0.2) is 0 Å². The van der Waals surface area contributed by atoms with Crippen LogP contribution in [0.3, 0.4) is 0 Å². The van der Waals surface area contributed by atoms with Crippen molar-refractivity contribution >= 4 is 18.0 Å². The highest BCUT2D eigenvalue weighted by Gasteiger charge is 2.00. The highest BCUT2D eigenvalue weighted by molar-refractivity contribution is 5.87. The molecule has 0 spiro atoms. The summed E-state index contributed by atoms with van der Waals surface area (Å²) in [5.74, 6) is -0.154. The highest BCUT2D eigenvalue weighted by atomic mass is 16.5. The molecule has 0 saturated heterocycles. The maximum atomic E-state index is 11.1. The molecular weight excluding hydrogens is 232 g/mol. The first kappa shape index (κ1) is 14.0. The van der Waals surface area contributed by atoms with Crippen molar-refractivity contribution in [3.63, 3.8) is 0 Å². The quantitative estimate of drug-likeness (QED) is 0.456. The van der Waals surface area contributed by atoms with Crippen LogP contribution in [-0.4, -0.2) is 18.5 Å². The number of rotatable bonds is 5. The van der Waals surface area contributed by atoms with Gasteiger partial charge in [0.25, 0.3) is 0 Å². The number of hydrogen-bond acceptors (Lipinski definition) is 4. The zero-order valence-corrected chi connectivity index (χ0v) is 10.5. The fourth-order valence-corrected chi connectivity index (χ4v) is 1.21. The molecule has 18 heavy (non-hydrogen) atoms. The van der Waals surface area contributed by atoms with Crippen molar-refractivity contribution < 1.29 is 19.1 Å². The first-order chi connectivity index (χ1) is 8.65. The van der Waals surface area contributed by atoms with Crippen LogP contribution in [0.2, 0.25) is 0 Å². The Morgan fingerprint density at radius 1 is 1.17 bits per heavy atom. The Bertz CT molecular complexity index is 432. The summed E-state index contributed by atoms with van der Waals surface area (Å²) in [6, 6.07) is 6.87. The second-order valence-electron chi connectivity index (χ2n) is 3.48. The molecule has 1 aromatic rings. The number of ether oxygens (including phenoxy) is 2. The molecule has 0 aliphatic carbocycles. The molecule has 1 rings (SSSR count). The monoisotopic (exact) mass is 248 g/mol. The number of carbonyl (C=O) groups excluding carboxylic acids is 2. The molecular formula is C14H16O4. The van der Waals surface area contributed by atoms with Gasteiger partial charge in [-0.15, -0.1) is 0 Å². The first-order valence-corrected chi connectivity index (χ1v) is 5.81. The Balaban J connectivity index is 2.60. The Kier molecular flexibility index (Phi) is 5.64. The summed E-state index contributed by atoms with van der Waals surface area (Å²) in [5, 5.41) is 0. The molecule has 0 atom stereocenters. The van der Waals surface area contributed by atoms with Gasteiger partial charge in [0.1, 0.15) is 5.75 Å². The molecule has 0 saturated carbocycles. The number of carbonyl (C=O) groups is 2. The third-order valence-corrected chi connectivity index (χ3v) is 2.10. The molecule has 1 aromatic carbocycles. The van der Waals surface area contributed by atoms with Gasteiger partial charge >= 0.3 is 11.9 Å². The van der Waals surface area contributed by atoms with E-state index in [0.29, 0.717) is 18.8 Å². The Morgan fingerprint density at radius 3 is 2.39 bits per heavy atom. The normalized spacial score (nSPS) is 10.3. The van der Waals surface area contributed by atoms with E-state index in [0.717, 1.165) is 5.56 Å². The zero-order valence-electron chi connectivity index (χ0n) is 10.5. The van der Waals surface area contributed by atoms with Crippen LogP contribution in [0.1, 0.15) is 25.8 Å². The van der Waals surface area contributed by atoms with Gasteiger partial charge < -0.3 is 9.47 Å². The van der Waals surface area contributed by atoms with Crippen molar-refractivity contribution in [2.45, 2.75) is 20.3 Å². The molecule has 0 radical (unpaired) electrons. The molecule has 4 heteroatoms. The Morgan fingerprint density at radius 2 is 1.83 bits per heavy atom. The summed E-state index contributed by atoms with van der Waals surface area (Å²) < 4.78 is 9.79. The second-order valence-corrected chi connectivity index (χ2v) is 3.48. The summed E-state index contributed by atoms with van der Waals surface area (Å²) in [4.78, 5) is 22.1. The predicted octanol–water partition coefficient (Wildman–Crippen LogP) is 2.58. The molecule has 0 heterocycles. The van der Waals surface area contributed by atoms with Crippen molar-refractivity contribution in [3.8, 4) is 5.75 Å². The van der Waals surface area contributed by atoms with Crippen molar-refractivity contribution in [1.82, 2.24) is 0 Å². The topological polar surface area (TPSA) is 52.6 Å². The number of benzene rings is 1. The van der Waals surface area contributed by atoms with E-state index in [1.165, 1.54) is 6.08 Å². The zero-order chi connectivity index (χ0) is 13.4. The Labute approximate surface area is 106 Å². The van der Waals surface area contributed by atoms with E-state index in [9.17, 15) is 9.59 Å². The van der Waals surface area contributed by atoms with Gasteiger partial charge in [-0.2, -0.15) is 0 Å². The van der Waals surface area contributed by atoms with Crippen molar-refractivity contribution in [2.75, 3.05) is 6.61 Å². The minimum Gasteiger partial charge on any atom is -0.463 e. The molecule has 0 amide bonds. The molecule has 0 fully saturated rings.